The van der Waals surface area contributed by atoms with Gasteiger partial charge in [-0.3, -0.25) is 9.69 Å². The summed E-state index contributed by atoms with van der Waals surface area (Å²) in [4.78, 5) is 15.0. The van der Waals surface area contributed by atoms with E-state index in [1.807, 2.05) is 0 Å². The van der Waals surface area contributed by atoms with E-state index in [9.17, 15) is 20.1 Å². The molecule has 5 nitrogen and oxygen atoms in total. The summed E-state index contributed by atoms with van der Waals surface area (Å²) < 4.78 is 0. The number of rotatable bonds is 0. The zero-order valence-electron chi connectivity index (χ0n) is 14.0. The fourth-order valence-corrected chi connectivity index (χ4v) is 10.4. The maximum Gasteiger partial charge on any atom is 0.167 e. The summed E-state index contributed by atoms with van der Waals surface area (Å²) in [5.74, 6) is -0.0546. The van der Waals surface area contributed by atoms with Crippen molar-refractivity contribution in [3.8, 4) is 0 Å². The lowest BCUT2D eigenvalue weighted by Crippen LogP contribution is -2.73. The normalized spacial score (nSPS) is 76.1. The number of carbonyl (C=O) groups excluding carboxylic acids is 1. The van der Waals surface area contributed by atoms with Crippen molar-refractivity contribution < 1.29 is 20.1 Å². The zero-order valence-corrected chi connectivity index (χ0v) is 14.0. The number of aliphatic hydroxyl groups is 3. The molecule has 9 rings (SSSR count). The van der Waals surface area contributed by atoms with Crippen molar-refractivity contribution in [3.63, 3.8) is 0 Å². The predicted octanol–water partition coefficient (Wildman–Crippen LogP) is 0.126. The van der Waals surface area contributed by atoms with Crippen LogP contribution in [0.4, 0.5) is 0 Å². The molecule has 0 amide bonds. The van der Waals surface area contributed by atoms with Crippen molar-refractivity contribution in [2.24, 2.45) is 39.9 Å². The van der Waals surface area contributed by atoms with Crippen LogP contribution >= 0.6 is 0 Å². The second-order valence-electron chi connectivity index (χ2n) is 10.5. The molecule has 3 unspecified atom stereocenters. The molecular formula is C19H25NO4. The molecule has 9 aliphatic rings. The number of hydrogen-bond donors (Lipinski definition) is 3. The summed E-state index contributed by atoms with van der Waals surface area (Å²) in [7, 11) is 0. The Morgan fingerprint density at radius 2 is 2.00 bits per heavy atom. The summed E-state index contributed by atoms with van der Waals surface area (Å²) in [6.45, 7) is 3.27. The van der Waals surface area contributed by atoms with Crippen molar-refractivity contribution in [1.82, 2.24) is 4.90 Å². The number of Topliss-reactive ketones (excluding diaryl/α,β-unsaturated/α-hetero) is 1. The van der Waals surface area contributed by atoms with E-state index in [0.717, 1.165) is 32.2 Å². The van der Waals surface area contributed by atoms with E-state index in [1.54, 1.807) is 0 Å². The molecule has 0 aromatic heterocycles. The van der Waals surface area contributed by atoms with E-state index in [-0.39, 0.29) is 46.3 Å². The molecule has 24 heavy (non-hydrogen) atoms. The van der Waals surface area contributed by atoms with Gasteiger partial charge in [0.25, 0.3) is 0 Å². The van der Waals surface area contributed by atoms with Gasteiger partial charge in [-0.2, -0.15) is 0 Å². The van der Waals surface area contributed by atoms with Gasteiger partial charge in [0.15, 0.2) is 5.78 Å². The van der Waals surface area contributed by atoms with Crippen molar-refractivity contribution in [2.75, 3.05) is 6.54 Å². The van der Waals surface area contributed by atoms with Crippen LogP contribution in [0.1, 0.15) is 39.0 Å². The van der Waals surface area contributed by atoms with Crippen LogP contribution in [-0.4, -0.2) is 56.5 Å². The summed E-state index contributed by atoms with van der Waals surface area (Å²) in [6, 6.07) is 0.266. The van der Waals surface area contributed by atoms with Crippen molar-refractivity contribution in [1.29, 1.82) is 0 Å². The third-order valence-corrected chi connectivity index (χ3v) is 10.2. The molecule has 5 heteroatoms. The van der Waals surface area contributed by atoms with Crippen LogP contribution in [0.5, 0.6) is 0 Å². The van der Waals surface area contributed by atoms with Gasteiger partial charge in [-0.25, -0.2) is 0 Å². The number of hydrogen-bond acceptors (Lipinski definition) is 5. The van der Waals surface area contributed by atoms with E-state index in [4.69, 9.17) is 0 Å². The summed E-state index contributed by atoms with van der Waals surface area (Å²) in [5, 5.41) is 33.9. The Morgan fingerprint density at radius 3 is 2.79 bits per heavy atom. The van der Waals surface area contributed by atoms with Crippen molar-refractivity contribution in [2.45, 2.75) is 63.0 Å². The van der Waals surface area contributed by atoms with Crippen molar-refractivity contribution >= 4 is 5.78 Å². The second-order valence-corrected chi connectivity index (χ2v) is 10.5. The number of fused-ring (bicyclic) bond motifs is 1. The second kappa shape index (κ2) is 3.26. The average molecular weight is 331 g/mol. The van der Waals surface area contributed by atoms with Gasteiger partial charge in [0, 0.05) is 35.8 Å². The van der Waals surface area contributed by atoms with Crippen LogP contribution in [0.3, 0.4) is 0 Å². The summed E-state index contributed by atoms with van der Waals surface area (Å²) in [5.41, 5.74) is -1.40. The Labute approximate surface area is 141 Å². The molecular weight excluding hydrogens is 306 g/mol. The van der Waals surface area contributed by atoms with E-state index in [0.29, 0.717) is 6.42 Å². The van der Waals surface area contributed by atoms with Crippen LogP contribution in [0, 0.1) is 39.9 Å². The quantitative estimate of drug-likeness (QED) is 0.588. The van der Waals surface area contributed by atoms with Crippen LogP contribution in [-0.2, 0) is 4.79 Å². The highest BCUT2D eigenvalue weighted by Gasteiger charge is 2.93. The third kappa shape index (κ3) is 0.896. The van der Waals surface area contributed by atoms with Crippen LogP contribution in [0.15, 0.2) is 0 Å². The first-order chi connectivity index (χ1) is 11.3. The lowest BCUT2D eigenvalue weighted by atomic mass is 9.39. The number of nitrogens with zero attached hydrogens (tertiary/aromatic N) is 1. The van der Waals surface area contributed by atoms with E-state index in [1.165, 1.54) is 0 Å². The highest BCUT2D eigenvalue weighted by molar-refractivity contribution is 5.89. The molecule has 2 spiro atoms. The Kier molecular flexibility index (Phi) is 1.86. The zero-order chi connectivity index (χ0) is 16.4. The van der Waals surface area contributed by atoms with Gasteiger partial charge in [0.1, 0.15) is 11.8 Å². The Bertz CT molecular complexity index is 726. The minimum atomic E-state index is -0.975. The number of aliphatic hydroxyl groups excluding tert-OH is 2. The van der Waals surface area contributed by atoms with E-state index < -0.39 is 23.3 Å². The molecule has 3 aliphatic heterocycles. The maximum absolute atomic E-state index is 12.6. The first-order valence-corrected chi connectivity index (χ1v) is 9.71. The molecule has 3 heterocycles. The molecule has 130 valence electrons. The summed E-state index contributed by atoms with van der Waals surface area (Å²) >= 11 is 0. The first-order valence-electron chi connectivity index (χ1n) is 9.71. The van der Waals surface area contributed by atoms with Gasteiger partial charge in [-0.05, 0) is 42.4 Å². The van der Waals surface area contributed by atoms with Crippen LogP contribution < -0.4 is 0 Å². The number of piperidine rings is 2. The molecule has 9 bridgehead atoms. The van der Waals surface area contributed by atoms with Crippen molar-refractivity contribution in [3.05, 3.63) is 0 Å². The van der Waals surface area contributed by atoms with Crippen LogP contribution in [0.25, 0.3) is 0 Å². The monoisotopic (exact) mass is 331 g/mol. The minimum Gasteiger partial charge on any atom is -0.392 e. The topological polar surface area (TPSA) is 81.0 Å². The molecule has 0 radical (unpaired) electrons. The fraction of sp³-hybridized carbons (Fsp3) is 0.947. The minimum absolute atomic E-state index is 0.00153. The molecule has 6 aliphatic carbocycles. The highest BCUT2D eigenvalue weighted by atomic mass is 16.3. The SMILES string of the molecule is C[C@@]12CCC[C@]34C5C6C[C@@H]7C(=O)[C@H](O)[C@@]6(C[C@@](O)([C@H]13)N5C2)[C@H]4[C@H]7O. The van der Waals surface area contributed by atoms with E-state index in [2.05, 4.69) is 11.8 Å². The predicted molar refractivity (Wildman–Crippen MR) is 82.5 cm³/mol. The highest BCUT2D eigenvalue weighted by Crippen LogP contribution is 2.88. The summed E-state index contributed by atoms with van der Waals surface area (Å²) in [6.07, 6.45) is 2.96. The molecule has 0 aromatic carbocycles. The molecule has 12 atom stereocenters. The average Bonchev–Trinajstić information content (AvgIpc) is 2.88. The maximum atomic E-state index is 12.6. The first kappa shape index (κ1) is 13.7. The van der Waals surface area contributed by atoms with Gasteiger partial charge < -0.3 is 15.3 Å². The smallest absolute Gasteiger partial charge is 0.167 e. The Morgan fingerprint density at radius 1 is 1.21 bits per heavy atom. The van der Waals surface area contributed by atoms with E-state index >= 15 is 0 Å². The largest absolute Gasteiger partial charge is 0.392 e. The van der Waals surface area contributed by atoms with Crippen LogP contribution in [0.2, 0.25) is 0 Å². The fourth-order valence-electron chi connectivity index (χ4n) is 10.4. The third-order valence-electron chi connectivity index (χ3n) is 10.2. The number of carbonyl (C=O) groups is 1. The van der Waals surface area contributed by atoms with Gasteiger partial charge in [0.2, 0.25) is 0 Å². The number of ketones is 1. The lowest BCUT2D eigenvalue weighted by molar-refractivity contribution is -0.274. The lowest BCUT2D eigenvalue weighted by Gasteiger charge is -2.66. The molecule has 3 saturated heterocycles. The van der Waals surface area contributed by atoms with Gasteiger partial charge in [-0.15, -0.1) is 0 Å². The molecule has 0 aromatic rings. The Balaban J connectivity index is 1.57. The molecule has 3 N–H and O–H groups in total. The van der Waals surface area contributed by atoms with Gasteiger partial charge in [0.05, 0.1) is 6.10 Å². The Hall–Kier alpha value is -0.490. The molecule has 6 saturated carbocycles. The van der Waals surface area contributed by atoms with Gasteiger partial charge in [-0.1, -0.05) is 13.3 Å². The van der Waals surface area contributed by atoms with Gasteiger partial charge >= 0.3 is 0 Å². The molecule has 9 fully saturated rings. The standard InChI is InChI=1S/C19H25NO4/c1-16-3-2-4-17-12-10(21)8-5-9-13(17)20(7-16)19(24,15(16)17)6-18(9,12)14(23)11(8)22/h8-10,12-15,21,23-24H,2-7H2,1H3/t8-,9?,10-,12-,13?,14-,15+,16-,17-,18+,19+/m0/s1.